The summed E-state index contributed by atoms with van der Waals surface area (Å²) >= 11 is 0. The minimum Gasteiger partial charge on any atom is -0.410 e. The lowest BCUT2D eigenvalue weighted by Crippen LogP contribution is -2.18. The van der Waals surface area contributed by atoms with Gasteiger partial charge in [-0.1, -0.05) is 24.8 Å². The summed E-state index contributed by atoms with van der Waals surface area (Å²) in [5, 5.41) is 5.39. The van der Waals surface area contributed by atoms with Crippen LogP contribution in [0.4, 0.5) is 16.2 Å². The van der Waals surface area contributed by atoms with Crippen molar-refractivity contribution in [3.63, 3.8) is 0 Å². The summed E-state index contributed by atoms with van der Waals surface area (Å²) in [7, 11) is 0. The van der Waals surface area contributed by atoms with E-state index in [1.165, 1.54) is 0 Å². The monoisotopic (exact) mass is 324 g/mol. The molecule has 0 saturated heterocycles. The zero-order valence-electron chi connectivity index (χ0n) is 14.0. The maximum absolute atomic E-state index is 12.1. The number of carbonyl (C=O) groups excluding carboxylic acids is 2. The maximum Gasteiger partial charge on any atom is 0.417 e. The highest BCUT2D eigenvalue weighted by Gasteiger charge is 2.09. The van der Waals surface area contributed by atoms with Gasteiger partial charge < -0.3 is 10.1 Å². The third-order valence-corrected chi connectivity index (χ3v) is 3.53. The standard InChI is InChI=1S/C19H20N2O3/c1-12(2)18(22)20-15-8-6-9-16(11-15)24-19(23)21-17-10-5-7-13(3)14(17)4/h5-11H,1H2,2-4H3,(H,20,22)(H,21,23). The molecule has 0 aromatic heterocycles. The van der Waals surface area contributed by atoms with Crippen LogP contribution < -0.4 is 15.4 Å². The number of nitrogens with one attached hydrogen (secondary N) is 2. The van der Waals surface area contributed by atoms with Crippen molar-refractivity contribution in [3.05, 3.63) is 65.7 Å². The third kappa shape index (κ3) is 4.46. The summed E-state index contributed by atoms with van der Waals surface area (Å²) in [4.78, 5) is 23.7. The molecule has 0 aliphatic rings. The Morgan fingerprint density at radius 3 is 2.46 bits per heavy atom. The Morgan fingerprint density at radius 2 is 1.75 bits per heavy atom. The van der Waals surface area contributed by atoms with Crippen molar-refractivity contribution in [2.24, 2.45) is 0 Å². The third-order valence-electron chi connectivity index (χ3n) is 3.53. The van der Waals surface area contributed by atoms with E-state index in [4.69, 9.17) is 4.74 Å². The van der Waals surface area contributed by atoms with Gasteiger partial charge >= 0.3 is 6.09 Å². The first-order chi connectivity index (χ1) is 11.4. The molecule has 5 heteroatoms. The van der Waals surface area contributed by atoms with Crippen molar-refractivity contribution in [2.45, 2.75) is 20.8 Å². The van der Waals surface area contributed by atoms with Crippen molar-refractivity contribution in [2.75, 3.05) is 10.6 Å². The second-order valence-corrected chi connectivity index (χ2v) is 5.52. The average molecular weight is 324 g/mol. The largest absolute Gasteiger partial charge is 0.417 e. The molecule has 2 rings (SSSR count). The van der Waals surface area contributed by atoms with Gasteiger partial charge in [0.05, 0.1) is 0 Å². The molecule has 0 heterocycles. The highest BCUT2D eigenvalue weighted by atomic mass is 16.6. The molecule has 2 amide bonds. The van der Waals surface area contributed by atoms with Gasteiger partial charge in [0, 0.05) is 23.0 Å². The summed E-state index contributed by atoms with van der Waals surface area (Å²) in [5.41, 5.74) is 3.69. The molecular formula is C19H20N2O3. The molecule has 5 nitrogen and oxygen atoms in total. The first-order valence-corrected chi connectivity index (χ1v) is 7.49. The van der Waals surface area contributed by atoms with Crippen LogP contribution in [0, 0.1) is 13.8 Å². The predicted molar refractivity (Wildman–Crippen MR) is 95.4 cm³/mol. The lowest BCUT2D eigenvalue weighted by molar-refractivity contribution is -0.112. The molecule has 0 bridgehead atoms. The Kier molecular flexibility index (Phi) is 5.37. The van der Waals surface area contributed by atoms with Crippen LogP contribution in [0.25, 0.3) is 0 Å². The van der Waals surface area contributed by atoms with Crippen molar-refractivity contribution >= 4 is 23.4 Å². The van der Waals surface area contributed by atoms with E-state index in [2.05, 4.69) is 17.2 Å². The van der Waals surface area contributed by atoms with Crippen LogP contribution in [0.15, 0.2) is 54.6 Å². The Bertz CT molecular complexity index is 797. The van der Waals surface area contributed by atoms with Crippen LogP contribution in [0.5, 0.6) is 5.75 Å². The molecule has 24 heavy (non-hydrogen) atoms. The maximum atomic E-state index is 12.1. The van der Waals surface area contributed by atoms with Crippen molar-refractivity contribution in [1.29, 1.82) is 0 Å². The molecule has 2 aromatic carbocycles. The van der Waals surface area contributed by atoms with Crippen LogP contribution in [0.1, 0.15) is 18.1 Å². The molecule has 0 aliphatic carbocycles. The highest BCUT2D eigenvalue weighted by Crippen LogP contribution is 2.21. The first-order valence-electron chi connectivity index (χ1n) is 7.49. The van der Waals surface area contributed by atoms with E-state index in [1.807, 2.05) is 32.0 Å². The summed E-state index contributed by atoms with van der Waals surface area (Å²) in [6.07, 6.45) is -0.591. The van der Waals surface area contributed by atoms with Crippen LogP contribution in [0.3, 0.4) is 0 Å². The van der Waals surface area contributed by atoms with Crippen molar-refractivity contribution in [1.82, 2.24) is 0 Å². The average Bonchev–Trinajstić information content (AvgIpc) is 2.52. The second-order valence-electron chi connectivity index (χ2n) is 5.52. The Balaban J connectivity index is 2.05. The van der Waals surface area contributed by atoms with E-state index in [1.54, 1.807) is 31.2 Å². The van der Waals surface area contributed by atoms with E-state index in [-0.39, 0.29) is 5.91 Å². The van der Waals surface area contributed by atoms with Gasteiger partial charge in [-0.2, -0.15) is 0 Å². The molecule has 0 radical (unpaired) electrons. The summed E-state index contributed by atoms with van der Waals surface area (Å²) in [6, 6.07) is 12.3. The number of anilines is 2. The SMILES string of the molecule is C=C(C)C(=O)Nc1cccc(OC(=O)Nc2cccc(C)c2C)c1. The molecular weight excluding hydrogens is 304 g/mol. The van der Waals surface area contributed by atoms with Gasteiger partial charge in [-0.05, 0) is 50.1 Å². The molecule has 0 fully saturated rings. The van der Waals surface area contributed by atoms with Gasteiger partial charge in [-0.15, -0.1) is 0 Å². The molecule has 0 aliphatic heterocycles. The second kappa shape index (κ2) is 7.46. The first kappa shape index (κ1) is 17.3. The fourth-order valence-electron chi connectivity index (χ4n) is 2.00. The lowest BCUT2D eigenvalue weighted by atomic mass is 10.1. The summed E-state index contributed by atoms with van der Waals surface area (Å²) in [5.74, 6) is 0.0457. The highest BCUT2D eigenvalue weighted by molar-refractivity contribution is 6.02. The van der Waals surface area contributed by atoms with E-state index in [0.29, 0.717) is 22.7 Å². The molecule has 124 valence electrons. The topological polar surface area (TPSA) is 67.4 Å². The minimum absolute atomic E-state index is 0.285. The van der Waals surface area contributed by atoms with Gasteiger partial charge in [0.1, 0.15) is 5.75 Å². The van der Waals surface area contributed by atoms with Crippen LogP contribution in [0.2, 0.25) is 0 Å². The fourth-order valence-corrected chi connectivity index (χ4v) is 2.00. The Labute approximate surface area is 141 Å². The zero-order valence-corrected chi connectivity index (χ0v) is 14.0. The zero-order chi connectivity index (χ0) is 17.7. The number of carbonyl (C=O) groups is 2. The van der Waals surface area contributed by atoms with Crippen LogP contribution >= 0.6 is 0 Å². The van der Waals surface area contributed by atoms with Crippen LogP contribution in [-0.4, -0.2) is 12.0 Å². The number of hydrogen-bond donors (Lipinski definition) is 2. The van der Waals surface area contributed by atoms with Gasteiger partial charge in [-0.3, -0.25) is 10.1 Å². The molecule has 2 aromatic rings. The summed E-state index contributed by atoms with van der Waals surface area (Å²) < 4.78 is 5.27. The number of rotatable bonds is 4. The number of benzene rings is 2. The van der Waals surface area contributed by atoms with Crippen LogP contribution in [-0.2, 0) is 4.79 Å². The number of hydrogen-bond acceptors (Lipinski definition) is 3. The number of amides is 2. The molecule has 0 spiro atoms. The molecule has 0 unspecified atom stereocenters. The Morgan fingerprint density at radius 1 is 1.04 bits per heavy atom. The lowest BCUT2D eigenvalue weighted by Gasteiger charge is -2.11. The van der Waals surface area contributed by atoms with Gasteiger partial charge in [0.15, 0.2) is 0 Å². The van der Waals surface area contributed by atoms with E-state index in [9.17, 15) is 9.59 Å². The van der Waals surface area contributed by atoms with Crippen molar-refractivity contribution < 1.29 is 14.3 Å². The predicted octanol–water partition coefficient (Wildman–Crippen LogP) is 4.43. The van der Waals surface area contributed by atoms with Gasteiger partial charge in [0.25, 0.3) is 5.91 Å². The fraction of sp³-hybridized carbons (Fsp3) is 0.158. The van der Waals surface area contributed by atoms with E-state index in [0.717, 1.165) is 11.1 Å². The smallest absolute Gasteiger partial charge is 0.410 e. The molecule has 2 N–H and O–H groups in total. The van der Waals surface area contributed by atoms with Gasteiger partial charge in [-0.25, -0.2) is 4.79 Å². The van der Waals surface area contributed by atoms with Crippen molar-refractivity contribution in [3.8, 4) is 5.75 Å². The number of ether oxygens (including phenoxy) is 1. The Hall–Kier alpha value is -3.08. The summed E-state index contributed by atoms with van der Waals surface area (Å²) in [6.45, 7) is 9.10. The van der Waals surface area contributed by atoms with E-state index >= 15 is 0 Å². The normalized spacial score (nSPS) is 9.96. The van der Waals surface area contributed by atoms with Gasteiger partial charge in [0.2, 0.25) is 0 Å². The quantitative estimate of drug-likeness (QED) is 0.818. The molecule has 0 atom stereocenters. The molecule has 0 saturated carbocycles. The minimum atomic E-state index is -0.591. The number of aryl methyl sites for hydroxylation is 1. The van der Waals surface area contributed by atoms with E-state index < -0.39 is 6.09 Å².